The van der Waals surface area contributed by atoms with E-state index in [9.17, 15) is 4.79 Å². The second kappa shape index (κ2) is 4.57. The molecular formula is C11H15N3OS. The lowest BCUT2D eigenvalue weighted by Gasteiger charge is -2.28. The van der Waals surface area contributed by atoms with Crippen LogP contribution in [0, 0.1) is 5.41 Å². The summed E-state index contributed by atoms with van der Waals surface area (Å²) in [5.41, 5.74) is 5.43. The van der Waals surface area contributed by atoms with E-state index in [0.29, 0.717) is 0 Å². The van der Waals surface area contributed by atoms with Crippen molar-refractivity contribution in [2.45, 2.75) is 13.8 Å². The molecule has 0 saturated carbocycles. The Hall–Kier alpha value is -1.49. The summed E-state index contributed by atoms with van der Waals surface area (Å²) >= 11 is 4.89. The molecule has 0 fully saturated rings. The van der Waals surface area contributed by atoms with Crippen molar-refractivity contribution in [2.75, 3.05) is 11.9 Å². The zero-order chi connectivity index (χ0) is 12.3. The maximum atomic E-state index is 12.1. The van der Waals surface area contributed by atoms with Gasteiger partial charge in [-0.3, -0.25) is 9.78 Å². The van der Waals surface area contributed by atoms with Crippen molar-refractivity contribution >= 4 is 28.8 Å². The number of hydrogen-bond donors (Lipinski definition) is 1. The lowest BCUT2D eigenvalue weighted by Crippen LogP contribution is -2.45. The minimum Gasteiger partial charge on any atom is -0.392 e. The Balaban J connectivity index is 2.96. The lowest BCUT2D eigenvalue weighted by atomic mass is 9.91. The fraction of sp³-hybridized carbons (Fsp3) is 0.364. The molecule has 1 amide bonds. The van der Waals surface area contributed by atoms with Crippen LogP contribution in [0.5, 0.6) is 0 Å². The highest BCUT2D eigenvalue weighted by Gasteiger charge is 2.33. The molecule has 0 spiro atoms. The molecule has 0 aromatic carbocycles. The Morgan fingerprint density at radius 1 is 1.56 bits per heavy atom. The predicted octanol–water partition coefficient (Wildman–Crippen LogP) is 1.36. The first-order valence-electron chi connectivity index (χ1n) is 4.85. The van der Waals surface area contributed by atoms with Gasteiger partial charge >= 0.3 is 0 Å². The highest BCUT2D eigenvalue weighted by atomic mass is 32.1. The first kappa shape index (κ1) is 12.6. The van der Waals surface area contributed by atoms with Gasteiger partial charge in [-0.25, -0.2) is 0 Å². The molecule has 1 rings (SSSR count). The Labute approximate surface area is 100 Å². The number of carbonyl (C=O) groups is 1. The van der Waals surface area contributed by atoms with E-state index in [1.54, 1.807) is 45.4 Å². The molecule has 0 aliphatic carbocycles. The topological polar surface area (TPSA) is 59.2 Å². The number of amides is 1. The van der Waals surface area contributed by atoms with Gasteiger partial charge in [-0.05, 0) is 26.0 Å². The molecule has 0 aliphatic heterocycles. The van der Waals surface area contributed by atoms with Crippen LogP contribution in [0.25, 0.3) is 0 Å². The van der Waals surface area contributed by atoms with Gasteiger partial charge in [0.05, 0.1) is 22.3 Å². The van der Waals surface area contributed by atoms with Crippen LogP contribution in [0.4, 0.5) is 5.69 Å². The minimum atomic E-state index is -0.847. The van der Waals surface area contributed by atoms with E-state index in [4.69, 9.17) is 18.0 Å². The molecule has 5 heteroatoms. The Kier molecular flexibility index (Phi) is 3.59. The molecule has 2 N–H and O–H groups in total. The molecule has 0 unspecified atom stereocenters. The summed E-state index contributed by atoms with van der Waals surface area (Å²) in [6.45, 7) is 3.43. The summed E-state index contributed by atoms with van der Waals surface area (Å²) in [6.07, 6.45) is 3.27. The molecule has 1 aromatic rings. The maximum Gasteiger partial charge on any atom is 0.239 e. The number of thiocarbonyl (C=S) groups is 1. The molecule has 4 nitrogen and oxygen atoms in total. The van der Waals surface area contributed by atoms with Gasteiger partial charge in [0.2, 0.25) is 5.91 Å². The zero-order valence-corrected chi connectivity index (χ0v) is 10.4. The smallest absolute Gasteiger partial charge is 0.239 e. The van der Waals surface area contributed by atoms with Crippen molar-refractivity contribution in [1.82, 2.24) is 4.98 Å². The van der Waals surface area contributed by atoms with Gasteiger partial charge in [0.25, 0.3) is 0 Å². The van der Waals surface area contributed by atoms with Crippen molar-refractivity contribution in [3.8, 4) is 0 Å². The number of hydrogen-bond acceptors (Lipinski definition) is 3. The summed E-state index contributed by atoms with van der Waals surface area (Å²) < 4.78 is 0. The van der Waals surface area contributed by atoms with Crippen LogP contribution >= 0.6 is 12.2 Å². The molecule has 0 bridgehead atoms. The van der Waals surface area contributed by atoms with Crippen molar-refractivity contribution in [3.05, 3.63) is 24.5 Å². The fourth-order valence-corrected chi connectivity index (χ4v) is 1.28. The summed E-state index contributed by atoms with van der Waals surface area (Å²) in [6, 6.07) is 3.58. The molecule has 86 valence electrons. The van der Waals surface area contributed by atoms with Gasteiger partial charge in [-0.2, -0.15) is 0 Å². The van der Waals surface area contributed by atoms with E-state index in [0.717, 1.165) is 5.69 Å². The maximum absolute atomic E-state index is 12.1. The van der Waals surface area contributed by atoms with Crippen LogP contribution in [0.2, 0.25) is 0 Å². The monoisotopic (exact) mass is 237 g/mol. The van der Waals surface area contributed by atoms with Crippen LogP contribution in [0.3, 0.4) is 0 Å². The summed E-state index contributed by atoms with van der Waals surface area (Å²) in [5.74, 6) is -0.145. The van der Waals surface area contributed by atoms with Gasteiger partial charge in [0, 0.05) is 13.2 Å². The summed E-state index contributed by atoms with van der Waals surface area (Å²) in [5, 5.41) is 0. The molecule has 0 aliphatic rings. The second-order valence-corrected chi connectivity index (χ2v) is 4.50. The summed E-state index contributed by atoms with van der Waals surface area (Å²) in [4.78, 5) is 17.8. The molecule has 0 saturated heterocycles. The number of rotatable bonds is 3. The van der Waals surface area contributed by atoms with E-state index in [-0.39, 0.29) is 10.9 Å². The van der Waals surface area contributed by atoms with Crippen LogP contribution in [-0.4, -0.2) is 22.9 Å². The van der Waals surface area contributed by atoms with E-state index in [1.165, 1.54) is 4.90 Å². The average Bonchev–Trinajstić information content (AvgIpc) is 2.28. The zero-order valence-electron chi connectivity index (χ0n) is 9.60. The van der Waals surface area contributed by atoms with Crippen molar-refractivity contribution < 1.29 is 4.79 Å². The van der Waals surface area contributed by atoms with E-state index < -0.39 is 5.41 Å². The number of anilines is 1. The van der Waals surface area contributed by atoms with Crippen molar-refractivity contribution in [2.24, 2.45) is 11.1 Å². The van der Waals surface area contributed by atoms with Crippen molar-refractivity contribution in [3.63, 3.8) is 0 Å². The lowest BCUT2D eigenvalue weighted by molar-refractivity contribution is -0.123. The minimum absolute atomic E-state index is 0.145. The molecule has 16 heavy (non-hydrogen) atoms. The van der Waals surface area contributed by atoms with Crippen LogP contribution in [0.15, 0.2) is 24.5 Å². The standard InChI is InChI=1S/C11H15N3OS/c1-11(2,9(12)16)10(15)14(3)8-5-4-6-13-7-8/h4-7H,1-3H3,(H2,12,16). The third-order valence-electron chi connectivity index (χ3n) is 2.49. The normalized spacial score (nSPS) is 10.9. The Bertz CT molecular complexity index is 403. The Morgan fingerprint density at radius 3 is 2.62 bits per heavy atom. The van der Waals surface area contributed by atoms with Crippen LogP contribution in [-0.2, 0) is 4.79 Å². The van der Waals surface area contributed by atoms with E-state index in [1.807, 2.05) is 0 Å². The molecular weight excluding hydrogens is 222 g/mol. The SMILES string of the molecule is CN(C(=O)C(C)(C)C(N)=S)c1cccnc1. The molecule has 0 atom stereocenters. The Morgan fingerprint density at radius 2 is 2.19 bits per heavy atom. The van der Waals surface area contributed by atoms with Gasteiger partial charge in [-0.1, -0.05) is 12.2 Å². The number of nitrogens with zero attached hydrogens (tertiary/aromatic N) is 2. The highest BCUT2D eigenvalue weighted by molar-refractivity contribution is 7.80. The fourth-order valence-electron chi connectivity index (χ4n) is 1.19. The quantitative estimate of drug-likeness (QED) is 0.806. The van der Waals surface area contributed by atoms with Crippen LogP contribution < -0.4 is 10.6 Å². The molecule has 0 radical (unpaired) electrons. The number of nitrogens with two attached hydrogens (primary N) is 1. The first-order valence-corrected chi connectivity index (χ1v) is 5.26. The highest BCUT2D eigenvalue weighted by Crippen LogP contribution is 2.22. The van der Waals surface area contributed by atoms with E-state index in [2.05, 4.69) is 4.98 Å². The van der Waals surface area contributed by atoms with Gasteiger partial charge in [0.15, 0.2) is 0 Å². The van der Waals surface area contributed by atoms with E-state index >= 15 is 0 Å². The number of aromatic nitrogens is 1. The van der Waals surface area contributed by atoms with Crippen molar-refractivity contribution in [1.29, 1.82) is 0 Å². The largest absolute Gasteiger partial charge is 0.392 e. The third kappa shape index (κ3) is 2.36. The van der Waals surface area contributed by atoms with Crippen LogP contribution in [0.1, 0.15) is 13.8 Å². The first-order chi connectivity index (χ1) is 7.37. The van der Waals surface area contributed by atoms with Gasteiger partial charge in [0.1, 0.15) is 0 Å². The van der Waals surface area contributed by atoms with Gasteiger partial charge < -0.3 is 10.6 Å². The van der Waals surface area contributed by atoms with Gasteiger partial charge in [-0.15, -0.1) is 0 Å². The molecule has 1 heterocycles. The average molecular weight is 237 g/mol. The number of carbonyl (C=O) groups excluding carboxylic acids is 1. The third-order valence-corrected chi connectivity index (χ3v) is 3.00. The predicted molar refractivity (Wildman–Crippen MR) is 68.2 cm³/mol. The molecule has 1 aromatic heterocycles. The number of pyridine rings is 1. The second-order valence-electron chi connectivity index (χ2n) is 4.06. The summed E-state index contributed by atoms with van der Waals surface area (Å²) in [7, 11) is 1.68.